The molecule has 6 aromatic carbocycles. The molecular formula is C47H41F2N5O. The largest absolute Gasteiger partial charge is 0.331 e. The highest BCUT2D eigenvalue weighted by molar-refractivity contribution is 5.94. The van der Waals surface area contributed by atoms with E-state index in [1.165, 1.54) is 43.2 Å². The van der Waals surface area contributed by atoms with Gasteiger partial charge < -0.3 is 9.80 Å². The molecule has 0 spiro atoms. The van der Waals surface area contributed by atoms with Crippen LogP contribution in [-0.4, -0.2) is 55.9 Å². The zero-order valence-electron chi connectivity index (χ0n) is 30.4. The SMILES string of the molecule is O=C(c1ccc(F)cc1)N(Cc1cc(-c2ccc3c(c2)nnn3C(c2ccccc2)(c2ccccc2)c2ccccc2)ccc1F)C1CCN(C2CC2)CC1. The van der Waals surface area contributed by atoms with E-state index in [1.807, 2.05) is 83.5 Å². The summed E-state index contributed by atoms with van der Waals surface area (Å²) in [5.74, 6) is -0.990. The molecule has 2 fully saturated rings. The number of amides is 1. The number of halogens is 2. The molecule has 0 unspecified atom stereocenters. The average Bonchev–Trinajstić information content (AvgIpc) is 4.01. The van der Waals surface area contributed by atoms with Crippen LogP contribution in [0, 0.1) is 11.6 Å². The Hall–Kier alpha value is -5.99. The van der Waals surface area contributed by atoms with Crippen LogP contribution in [0.5, 0.6) is 0 Å². The predicted molar refractivity (Wildman–Crippen MR) is 211 cm³/mol. The molecule has 1 saturated carbocycles. The summed E-state index contributed by atoms with van der Waals surface area (Å²) in [6, 6.07) is 48.5. The molecule has 274 valence electrons. The lowest BCUT2D eigenvalue weighted by Crippen LogP contribution is -2.47. The zero-order chi connectivity index (χ0) is 37.4. The summed E-state index contributed by atoms with van der Waals surface area (Å²) in [5, 5.41) is 9.60. The van der Waals surface area contributed by atoms with Gasteiger partial charge in [-0.3, -0.25) is 4.79 Å². The number of rotatable bonds is 10. The first kappa shape index (κ1) is 34.8. The van der Waals surface area contributed by atoms with Crippen LogP contribution in [0.4, 0.5) is 8.78 Å². The van der Waals surface area contributed by atoms with Gasteiger partial charge in [0.2, 0.25) is 0 Å². The number of hydrogen-bond acceptors (Lipinski definition) is 4. The van der Waals surface area contributed by atoms with Gasteiger partial charge in [0.25, 0.3) is 5.91 Å². The van der Waals surface area contributed by atoms with Crippen molar-refractivity contribution < 1.29 is 13.6 Å². The Morgan fingerprint density at radius 3 is 1.82 bits per heavy atom. The number of likely N-dealkylation sites (tertiary alicyclic amines) is 1. The summed E-state index contributed by atoms with van der Waals surface area (Å²) in [7, 11) is 0. The first-order chi connectivity index (χ1) is 27.0. The fourth-order valence-electron chi connectivity index (χ4n) is 8.44. The Balaban J connectivity index is 1.09. The van der Waals surface area contributed by atoms with Gasteiger partial charge in [-0.05, 0) is 102 Å². The number of nitrogens with zero attached hydrogens (tertiary/aromatic N) is 5. The lowest BCUT2D eigenvalue weighted by atomic mass is 9.77. The van der Waals surface area contributed by atoms with Crippen LogP contribution in [0.3, 0.4) is 0 Å². The molecule has 8 heteroatoms. The number of fused-ring (bicyclic) bond motifs is 1. The van der Waals surface area contributed by atoms with Crippen LogP contribution >= 0.6 is 0 Å². The van der Waals surface area contributed by atoms with Gasteiger partial charge in [0.05, 0.1) is 5.52 Å². The van der Waals surface area contributed by atoms with Crippen LogP contribution in [0.1, 0.15) is 58.3 Å². The monoisotopic (exact) mass is 729 g/mol. The number of aromatic nitrogens is 3. The molecule has 1 saturated heterocycles. The maximum Gasteiger partial charge on any atom is 0.254 e. The van der Waals surface area contributed by atoms with Gasteiger partial charge >= 0.3 is 0 Å². The maximum atomic E-state index is 15.8. The van der Waals surface area contributed by atoms with E-state index >= 15 is 4.39 Å². The van der Waals surface area contributed by atoms with Crippen LogP contribution in [0.25, 0.3) is 22.2 Å². The van der Waals surface area contributed by atoms with Gasteiger partial charge in [-0.1, -0.05) is 108 Å². The molecule has 9 rings (SSSR count). The topological polar surface area (TPSA) is 54.3 Å². The van der Waals surface area contributed by atoms with Gasteiger partial charge in [0.1, 0.15) is 22.7 Å². The predicted octanol–water partition coefficient (Wildman–Crippen LogP) is 9.49. The molecule has 0 N–H and O–H groups in total. The van der Waals surface area contributed by atoms with E-state index in [1.54, 1.807) is 11.0 Å². The average molecular weight is 730 g/mol. The molecule has 1 aliphatic heterocycles. The van der Waals surface area contributed by atoms with Crippen molar-refractivity contribution in [3.8, 4) is 11.1 Å². The maximum absolute atomic E-state index is 15.8. The van der Waals surface area contributed by atoms with E-state index in [2.05, 4.69) is 41.3 Å². The number of hydrogen-bond donors (Lipinski definition) is 0. The molecule has 1 aliphatic carbocycles. The molecule has 55 heavy (non-hydrogen) atoms. The van der Waals surface area contributed by atoms with Crippen LogP contribution in [-0.2, 0) is 12.1 Å². The summed E-state index contributed by atoms with van der Waals surface area (Å²) < 4.78 is 31.6. The normalized spacial score (nSPS) is 15.3. The highest BCUT2D eigenvalue weighted by Gasteiger charge is 2.41. The van der Waals surface area contributed by atoms with Gasteiger partial charge in [-0.25, -0.2) is 13.5 Å². The first-order valence-corrected chi connectivity index (χ1v) is 19.1. The second-order valence-electron chi connectivity index (χ2n) is 14.8. The van der Waals surface area contributed by atoms with E-state index in [-0.39, 0.29) is 24.3 Å². The van der Waals surface area contributed by atoms with E-state index in [9.17, 15) is 9.18 Å². The second-order valence-corrected chi connectivity index (χ2v) is 14.8. The molecular weight excluding hydrogens is 689 g/mol. The van der Waals surface area contributed by atoms with E-state index < -0.39 is 11.4 Å². The minimum Gasteiger partial charge on any atom is -0.331 e. The summed E-state index contributed by atoms with van der Waals surface area (Å²) in [6.07, 6.45) is 4.09. The van der Waals surface area contributed by atoms with Crippen molar-refractivity contribution in [2.45, 2.75) is 49.9 Å². The number of piperidine rings is 1. The molecule has 2 aliphatic rings. The summed E-state index contributed by atoms with van der Waals surface area (Å²) in [4.78, 5) is 18.3. The van der Waals surface area contributed by atoms with E-state index in [0.717, 1.165) is 59.3 Å². The Morgan fingerprint density at radius 2 is 1.24 bits per heavy atom. The molecule has 2 heterocycles. The molecule has 0 atom stereocenters. The van der Waals surface area contributed by atoms with Crippen molar-refractivity contribution in [2.75, 3.05) is 13.1 Å². The third-order valence-corrected chi connectivity index (χ3v) is 11.4. The minimum absolute atomic E-state index is 0.0545. The van der Waals surface area contributed by atoms with Crippen LogP contribution in [0.2, 0.25) is 0 Å². The summed E-state index contributed by atoms with van der Waals surface area (Å²) >= 11 is 0. The highest BCUT2D eigenvalue weighted by atomic mass is 19.1. The summed E-state index contributed by atoms with van der Waals surface area (Å²) in [6.45, 7) is 1.92. The minimum atomic E-state index is -0.821. The molecule has 0 radical (unpaired) electrons. The zero-order valence-corrected chi connectivity index (χ0v) is 30.4. The quantitative estimate of drug-likeness (QED) is 0.132. The molecule has 1 amide bonds. The second kappa shape index (κ2) is 14.7. The van der Waals surface area contributed by atoms with Gasteiger partial charge in [-0.15, -0.1) is 5.10 Å². The standard InChI is InChI=1S/C47H41F2N5O/c48-40-20-16-33(17-21-40)46(55)53(42-26-28-52(29-27-42)41-22-23-41)32-36-30-34(18-24-43(36)49)35-19-25-45-44(31-35)50-51-54(45)47(37-10-4-1-5-11-37,38-12-6-2-7-13-38)39-14-8-3-9-15-39/h1-21,24-25,30-31,41-42H,22-23,26-29,32H2. The van der Waals surface area contributed by atoms with Crippen molar-refractivity contribution in [1.29, 1.82) is 0 Å². The molecule has 1 aromatic heterocycles. The fraction of sp³-hybridized carbons (Fsp3) is 0.213. The molecule has 0 bridgehead atoms. The van der Waals surface area contributed by atoms with Crippen molar-refractivity contribution in [3.05, 3.63) is 191 Å². The molecule has 7 aromatic rings. The number of benzene rings is 6. The van der Waals surface area contributed by atoms with Gasteiger partial charge in [-0.2, -0.15) is 0 Å². The van der Waals surface area contributed by atoms with Crippen molar-refractivity contribution in [2.24, 2.45) is 0 Å². The number of carbonyl (C=O) groups excluding carboxylic acids is 1. The van der Waals surface area contributed by atoms with Crippen molar-refractivity contribution in [3.63, 3.8) is 0 Å². The third kappa shape index (κ3) is 6.61. The fourth-order valence-corrected chi connectivity index (χ4v) is 8.44. The Labute approximate surface area is 319 Å². The van der Waals surface area contributed by atoms with E-state index in [4.69, 9.17) is 10.3 Å². The van der Waals surface area contributed by atoms with Crippen molar-refractivity contribution in [1.82, 2.24) is 24.8 Å². The smallest absolute Gasteiger partial charge is 0.254 e. The van der Waals surface area contributed by atoms with Crippen molar-refractivity contribution >= 4 is 16.9 Å². The lowest BCUT2D eigenvalue weighted by molar-refractivity contribution is 0.0540. The summed E-state index contributed by atoms with van der Waals surface area (Å²) in [5.41, 5.74) is 6.36. The number of carbonyl (C=O) groups is 1. The molecule has 6 nitrogen and oxygen atoms in total. The third-order valence-electron chi connectivity index (χ3n) is 11.4. The van der Waals surface area contributed by atoms with Gasteiger partial charge in [0.15, 0.2) is 0 Å². The lowest BCUT2D eigenvalue weighted by Gasteiger charge is -2.39. The van der Waals surface area contributed by atoms with E-state index in [0.29, 0.717) is 22.7 Å². The highest BCUT2D eigenvalue weighted by Crippen LogP contribution is 2.42. The van der Waals surface area contributed by atoms with Crippen LogP contribution in [0.15, 0.2) is 152 Å². The Morgan fingerprint density at radius 1 is 0.673 bits per heavy atom. The van der Waals surface area contributed by atoms with Gasteiger partial charge in [0, 0.05) is 42.8 Å². The Bertz CT molecular complexity index is 2330. The Kier molecular flexibility index (Phi) is 9.28. The first-order valence-electron chi connectivity index (χ1n) is 19.1. The van der Waals surface area contributed by atoms with Crippen LogP contribution < -0.4 is 0 Å².